The summed E-state index contributed by atoms with van der Waals surface area (Å²) in [5, 5.41) is 0.950. The summed E-state index contributed by atoms with van der Waals surface area (Å²) < 4.78 is 55.4. The number of carbonyl (C=O) groups is 1. The second-order valence-electron chi connectivity index (χ2n) is 6.92. The van der Waals surface area contributed by atoms with Crippen LogP contribution in [0.3, 0.4) is 0 Å². The molecule has 1 aromatic heterocycles. The van der Waals surface area contributed by atoms with Gasteiger partial charge in [-0.15, -0.1) is 0 Å². The number of rotatable bonds is 3. The number of hydrogen-bond donors (Lipinski definition) is 0. The highest BCUT2D eigenvalue weighted by Gasteiger charge is 2.33. The first-order chi connectivity index (χ1) is 13.8. The van der Waals surface area contributed by atoms with Crippen LogP contribution in [0.2, 0.25) is 0 Å². The third-order valence-corrected chi connectivity index (χ3v) is 7.14. The van der Waals surface area contributed by atoms with Gasteiger partial charge in [-0.3, -0.25) is 4.79 Å². The number of aromatic nitrogens is 1. The molecule has 3 aromatic rings. The largest absolute Gasteiger partial charge is 0.340 e. The Morgan fingerprint density at radius 3 is 2.31 bits per heavy atom. The SMILES string of the molecule is Cn1c(C(=O)N2CCN(S(=O)(=O)c3ccc(F)cc3F)CC2)cc2ccccc21. The number of aryl methyl sites for hydroxylation is 1. The molecule has 1 aliphatic heterocycles. The summed E-state index contributed by atoms with van der Waals surface area (Å²) >= 11 is 0. The van der Waals surface area contributed by atoms with E-state index in [1.807, 2.05) is 41.9 Å². The summed E-state index contributed by atoms with van der Waals surface area (Å²) in [6.45, 7) is 0.439. The number of hydrogen-bond acceptors (Lipinski definition) is 3. The predicted octanol–water partition coefficient (Wildman–Crippen LogP) is 2.60. The van der Waals surface area contributed by atoms with Gasteiger partial charge < -0.3 is 9.47 Å². The van der Waals surface area contributed by atoms with E-state index >= 15 is 0 Å². The van der Waals surface area contributed by atoms with Crippen molar-refractivity contribution >= 4 is 26.8 Å². The molecule has 2 aromatic carbocycles. The van der Waals surface area contributed by atoms with Gasteiger partial charge in [-0.2, -0.15) is 4.31 Å². The number of benzene rings is 2. The summed E-state index contributed by atoms with van der Waals surface area (Å²) in [5.41, 5.74) is 1.45. The number of nitrogens with zero attached hydrogens (tertiary/aromatic N) is 3. The first-order valence-corrected chi connectivity index (χ1v) is 10.5. The Labute approximate surface area is 167 Å². The fraction of sp³-hybridized carbons (Fsp3) is 0.250. The molecular weight excluding hydrogens is 400 g/mol. The molecule has 0 saturated carbocycles. The van der Waals surface area contributed by atoms with Crippen LogP contribution in [0.4, 0.5) is 8.78 Å². The molecule has 152 valence electrons. The van der Waals surface area contributed by atoms with Crippen LogP contribution < -0.4 is 0 Å². The van der Waals surface area contributed by atoms with Crippen molar-refractivity contribution in [1.82, 2.24) is 13.8 Å². The third kappa shape index (κ3) is 3.40. The summed E-state index contributed by atoms with van der Waals surface area (Å²) in [6, 6.07) is 11.8. The maximum Gasteiger partial charge on any atom is 0.270 e. The van der Waals surface area contributed by atoms with Crippen LogP contribution in [-0.2, 0) is 17.1 Å². The number of sulfonamides is 1. The fourth-order valence-corrected chi connectivity index (χ4v) is 5.08. The zero-order valence-electron chi connectivity index (χ0n) is 15.7. The molecule has 1 aliphatic rings. The standard InChI is InChI=1S/C20H19F2N3O3S/c1-23-17-5-3-2-4-14(17)12-18(23)20(26)24-8-10-25(11-9-24)29(27,28)19-7-6-15(21)13-16(19)22/h2-7,12-13H,8-11H2,1H3. The predicted molar refractivity (Wildman–Crippen MR) is 104 cm³/mol. The highest BCUT2D eigenvalue weighted by atomic mass is 32.2. The van der Waals surface area contributed by atoms with Crippen molar-refractivity contribution in [2.24, 2.45) is 7.05 Å². The highest BCUT2D eigenvalue weighted by molar-refractivity contribution is 7.89. The van der Waals surface area contributed by atoms with E-state index in [0.29, 0.717) is 11.8 Å². The second kappa shape index (κ2) is 7.23. The van der Waals surface area contributed by atoms with Crippen molar-refractivity contribution in [1.29, 1.82) is 0 Å². The molecule has 0 atom stereocenters. The van der Waals surface area contributed by atoms with Crippen LogP contribution in [0.25, 0.3) is 10.9 Å². The molecular formula is C20H19F2N3O3S. The fourth-order valence-electron chi connectivity index (χ4n) is 3.61. The van der Waals surface area contributed by atoms with E-state index in [2.05, 4.69) is 0 Å². The van der Waals surface area contributed by atoms with Crippen LogP contribution in [0.5, 0.6) is 0 Å². The minimum Gasteiger partial charge on any atom is -0.340 e. The molecule has 0 bridgehead atoms. The first kappa shape index (κ1) is 19.5. The summed E-state index contributed by atoms with van der Waals surface area (Å²) in [4.78, 5) is 14.0. The van der Waals surface area contributed by atoms with Gasteiger partial charge in [0.05, 0.1) is 0 Å². The van der Waals surface area contributed by atoms with Crippen LogP contribution in [0.1, 0.15) is 10.5 Å². The minimum atomic E-state index is -4.10. The molecule has 0 N–H and O–H groups in total. The monoisotopic (exact) mass is 419 g/mol. The molecule has 0 spiro atoms. The molecule has 6 nitrogen and oxygen atoms in total. The quantitative estimate of drug-likeness (QED) is 0.656. The van der Waals surface area contributed by atoms with E-state index < -0.39 is 26.6 Å². The molecule has 0 aliphatic carbocycles. The van der Waals surface area contributed by atoms with Gasteiger partial charge in [-0.1, -0.05) is 18.2 Å². The molecule has 0 unspecified atom stereocenters. The lowest BCUT2D eigenvalue weighted by molar-refractivity contribution is 0.0688. The lowest BCUT2D eigenvalue weighted by Crippen LogP contribution is -2.50. The average Bonchev–Trinajstić information content (AvgIpc) is 3.04. The smallest absolute Gasteiger partial charge is 0.270 e. The Morgan fingerprint density at radius 2 is 1.66 bits per heavy atom. The Kier molecular flexibility index (Phi) is 4.87. The molecule has 29 heavy (non-hydrogen) atoms. The normalized spacial score (nSPS) is 15.8. The molecule has 1 fully saturated rings. The lowest BCUT2D eigenvalue weighted by atomic mass is 10.2. The van der Waals surface area contributed by atoms with Gasteiger partial charge >= 0.3 is 0 Å². The summed E-state index contributed by atoms with van der Waals surface area (Å²) in [5.74, 6) is -2.15. The minimum absolute atomic E-state index is 0.0365. The Morgan fingerprint density at radius 1 is 0.966 bits per heavy atom. The number of piperazine rings is 1. The number of amides is 1. The molecule has 9 heteroatoms. The zero-order valence-corrected chi connectivity index (χ0v) is 16.5. The molecule has 1 amide bonds. The maximum atomic E-state index is 14.0. The summed E-state index contributed by atoms with van der Waals surface area (Å²) in [7, 11) is -2.29. The van der Waals surface area contributed by atoms with E-state index in [0.717, 1.165) is 27.3 Å². The van der Waals surface area contributed by atoms with Gasteiger partial charge in [-0.25, -0.2) is 17.2 Å². The van der Waals surface area contributed by atoms with E-state index in [9.17, 15) is 22.0 Å². The zero-order chi connectivity index (χ0) is 20.8. The Bertz CT molecular complexity index is 1200. The molecule has 4 rings (SSSR count). The van der Waals surface area contributed by atoms with Crippen LogP contribution in [-0.4, -0.2) is 54.3 Å². The first-order valence-electron chi connectivity index (χ1n) is 9.08. The van der Waals surface area contributed by atoms with Crippen LogP contribution in [0, 0.1) is 11.6 Å². The van der Waals surface area contributed by atoms with Crippen LogP contribution >= 0.6 is 0 Å². The highest BCUT2D eigenvalue weighted by Crippen LogP contribution is 2.23. The van der Waals surface area contributed by atoms with Gasteiger partial charge in [-0.05, 0) is 24.3 Å². The van der Waals surface area contributed by atoms with Gasteiger partial charge in [0.25, 0.3) is 5.91 Å². The third-order valence-electron chi connectivity index (χ3n) is 5.21. The van der Waals surface area contributed by atoms with Gasteiger partial charge in [0.2, 0.25) is 10.0 Å². The number of fused-ring (bicyclic) bond motifs is 1. The molecule has 0 radical (unpaired) electrons. The van der Waals surface area contributed by atoms with E-state index in [1.54, 1.807) is 4.90 Å². The van der Waals surface area contributed by atoms with E-state index in [-0.39, 0.29) is 32.1 Å². The van der Waals surface area contributed by atoms with Crippen molar-refractivity contribution < 1.29 is 22.0 Å². The number of carbonyl (C=O) groups excluding carboxylic acids is 1. The maximum absolute atomic E-state index is 14.0. The van der Waals surface area contributed by atoms with E-state index in [1.165, 1.54) is 0 Å². The van der Waals surface area contributed by atoms with Gasteiger partial charge in [0.15, 0.2) is 0 Å². The summed E-state index contributed by atoms with van der Waals surface area (Å²) in [6.07, 6.45) is 0. The van der Waals surface area contributed by atoms with Crippen molar-refractivity contribution in [2.45, 2.75) is 4.90 Å². The molecule has 2 heterocycles. The van der Waals surface area contributed by atoms with Crippen molar-refractivity contribution in [3.63, 3.8) is 0 Å². The van der Waals surface area contributed by atoms with Crippen molar-refractivity contribution in [3.8, 4) is 0 Å². The van der Waals surface area contributed by atoms with Gasteiger partial charge in [0, 0.05) is 50.2 Å². The Balaban J connectivity index is 1.51. The number of para-hydroxylation sites is 1. The topological polar surface area (TPSA) is 62.6 Å². The average molecular weight is 419 g/mol. The van der Waals surface area contributed by atoms with E-state index in [4.69, 9.17) is 0 Å². The van der Waals surface area contributed by atoms with Crippen LogP contribution in [0.15, 0.2) is 53.4 Å². The molecule has 1 saturated heterocycles. The van der Waals surface area contributed by atoms with Gasteiger partial charge in [0.1, 0.15) is 22.2 Å². The Hall–Kier alpha value is -2.78. The lowest BCUT2D eigenvalue weighted by Gasteiger charge is -2.34. The second-order valence-corrected chi connectivity index (χ2v) is 8.82. The van der Waals surface area contributed by atoms with Crippen molar-refractivity contribution in [3.05, 3.63) is 65.9 Å². The van der Waals surface area contributed by atoms with Crippen molar-refractivity contribution in [2.75, 3.05) is 26.2 Å². The number of halogens is 2.